The Morgan fingerprint density at radius 3 is 2.77 bits per heavy atom. The van der Waals surface area contributed by atoms with Gasteiger partial charge in [-0.2, -0.15) is 0 Å². The number of aromatic nitrogens is 2. The zero-order chi connectivity index (χ0) is 15.4. The summed E-state index contributed by atoms with van der Waals surface area (Å²) >= 11 is 1.65. The summed E-state index contributed by atoms with van der Waals surface area (Å²) in [5.41, 5.74) is 1.08. The van der Waals surface area contributed by atoms with Gasteiger partial charge >= 0.3 is 0 Å². The van der Waals surface area contributed by atoms with Crippen molar-refractivity contribution in [2.45, 2.75) is 51.3 Å². The molecule has 0 saturated carbocycles. The van der Waals surface area contributed by atoms with Crippen molar-refractivity contribution in [3.05, 3.63) is 35.3 Å². The van der Waals surface area contributed by atoms with Gasteiger partial charge in [0.05, 0.1) is 12.6 Å². The molecule has 1 aliphatic rings. The zero-order valence-corrected chi connectivity index (χ0v) is 14.0. The average Bonchev–Trinajstić information content (AvgIpc) is 3.04. The minimum absolute atomic E-state index is 0.0427. The lowest BCUT2D eigenvalue weighted by atomic mass is 9.91. The van der Waals surface area contributed by atoms with Crippen LogP contribution < -0.4 is 5.32 Å². The number of benzene rings is 1. The maximum Gasteiger partial charge on any atom is 0.147 e. The fourth-order valence-electron chi connectivity index (χ4n) is 2.75. The van der Waals surface area contributed by atoms with Crippen LogP contribution in [0.2, 0.25) is 0 Å². The van der Waals surface area contributed by atoms with E-state index >= 15 is 0 Å². The Morgan fingerprint density at radius 2 is 2.05 bits per heavy atom. The van der Waals surface area contributed by atoms with E-state index in [1.807, 2.05) is 18.2 Å². The van der Waals surface area contributed by atoms with Crippen molar-refractivity contribution in [3.8, 4) is 10.6 Å². The molecule has 0 amide bonds. The van der Waals surface area contributed by atoms with Crippen LogP contribution in [0, 0.1) is 0 Å². The molecule has 1 aromatic carbocycles. The molecule has 1 atom stereocenters. The Bertz CT molecular complexity index is 591. The third-order valence-electron chi connectivity index (χ3n) is 4.17. The fourth-order valence-corrected chi connectivity index (χ4v) is 3.53. The van der Waals surface area contributed by atoms with Crippen molar-refractivity contribution >= 4 is 11.3 Å². The van der Waals surface area contributed by atoms with Gasteiger partial charge in [-0.1, -0.05) is 41.7 Å². The zero-order valence-electron chi connectivity index (χ0n) is 13.2. The lowest BCUT2D eigenvalue weighted by Crippen LogP contribution is -2.51. The van der Waals surface area contributed by atoms with Gasteiger partial charge in [-0.15, -0.1) is 10.2 Å². The van der Waals surface area contributed by atoms with Crippen molar-refractivity contribution in [2.24, 2.45) is 0 Å². The molecule has 118 valence electrons. The summed E-state index contributed by atoms with van der Waals surface area (Å²) in [4.78, 5) is 0. The largest absolute Gasteiger partial charge is 0.376 e. The molecule has 1 aliphatic heterocycles. The number of nitrogens with zero attached hydrogens (tertiary/aromatic N) is 2. The van der Waals surface area contributed by atoms with Crippen LogP contribution in [0.3, 0.4) is 0 Å². The van der Waals surface area contributed by atoms with E-state index in [4.69, 9.17) is 4.74 Å². The van der Waals surface area contributed by atoms with Crippen LogP contribution in [0.25, 0.3) is 10.6 Å². The van der Waals surface area contributed by atoms with E-state index in [2.05, 4.69) is 41.5 Å². The van der Waals surface area contributed by atoms with Crippen LogP contribution >= 0.6 is 11.3 Å². The molecule has 0 spiro atoms. The van der Waals surface area contributed by atoms with Crippen molar-refractivity contribution in [1.82, 2.24) is 15.5 Å². The van der Waals surface area contributed by atoms with Crippen molar-refractivity contribution in [1.29, 1.82) is 0 Å². The van der Waals surface area contributed by atoms with Crippen molar-refractivity contribution in [3.63, 3.8) is 0 Å². The van der Waals surface area contributed by atoms with Gasteiger partial charge in [-0.05, 0) is 33.1 Å². The normalized spacial score (nSPS) is 19.3. The van der Waals surface area contributed by atoms with Crippen LogP contribution in [-0.2, 0) is 11.3 Å². The molecule has 1 fully saturated rings. The molecule has 0 bridgehead atoms. The van der Waals surface area contributed by atoms with Crippen LogP contribution in [0.15, 0.2) is 30.3 Å². The first-order chi connectivity index (χ1) is 10.6. The van der Waals surface area contributed by atoms with Gasteiger partial charge in [0, 0.05) is 17.7 Å². The summed E-state index contributed by atoms with van der Waals surface area (Å²) in [5, 5.41) is 14.2. The average molecular weight is 317 g/mol. The Kier molecular flexibility index (Phi) is 4.86. The summed E-state index contributed by atoms with van der Waals surface area (Å²) in [6, 6.07) is 10.2. The highest BCUT2D eigenvalue weighted by atomic mass is 32.1. The predicted octanol–water partition coefficient (Wildman–Crippen LogP) is 3.64. The highest BCUT2D eigenvalue weighted by Gasteiger charge is 2.31. The maximum absolute atomic E-state index is 5.91. The second-order valence-electron chi connectivity index (χ2n) is 6.30. The van der Waals surface area contributed by atoms with Crippen LogP contribution in [0.4, 0.5) is 0 Å². The first-order valence-corrected chi connectivity index (χ1v) is 8.71. The standard InChI is InChI=1S/C17H23N3OS/c1-17(2,14-10-6-7-11-21-14)18-12-15-19-20-16(22-15)13-8-4-3-5-9-13/h3-5,8-9,14,18H,6-7,10-12H2,1-2H3. The van der Waals surface area contributed by atoms with Gasteiger partial charge in [0.2, 0.25) is 0 Å². The molecule has 0 radical (unpaired) electrons. The molecular weight excluding hydrogens is 294 g/mol. The lowest BCUT2D eigenvalue weighted by Gasteiger charge is -2.37. The molecule has 2 aromatic rings. The van der Waals surface area contributed by atoms with E-state index < -0.39 is 0 Å². The second-order valence-corrected chi connectivity index (χ2v) is 7.36. The van der Waals surface area contributed by atoms with Crippen LogP contribution in [0.5, 0.6) is 0 Å². The first kappa shape index (κ1) is 15.6. The highest BCUT2D eigenvalue weighted by Crippen LogP contribution is 2.26. The Hall–Kier alpha value is -1.30. The molecule has 1 unspecified atom stereocenters. The van der Waals surface area contributed by atoms with Crippen LogP contribution in [-0.4, -0.2) is 28.4 Å². The molecule has 0 aliphatic carbocycles. The summed E-state index contributed by atoms with van der Waals surface area (Å²) in [5.74, 6) is 0. The molecule has 5 heteroatoms. The predicted molar refractivity (Wildman–Crippen MR) is 89.9 cm³/mol. The molecule has 1 aromatic heterocycles. The van der Waals surface area contributed by atoms with Crippen molar-refractivity contribution < 1.29 is 4.74 Å². The summed E-state index contributed by atoms with van der Waals surface area (Å²) in [6.07, 6.45) is 3.85. The minimum atomic E-state index is -0.0427. The molecule has 22 heavy (non-hydrogen) atoms. The van der Waals surface area contributed by atoms with Gasteiger partial charge in [0.1, 0.15) is 10.0 Å². The van der Waals surface area contributed by atoms with Gasteiger partial charge in [-0.3, -0.25) is 0 Å². The summed E-state index contributed by atoms with van der Waals surface area (Å²) < 4.78 is 5.91. The minimum Gasteiger partial charge on any atom is -0.376 e. The quantitative estimate of drug-likeness (QED) is 0.914. The van der Waals surface area contributed by atoms with Crippen molar-refractivity contribution in [2.75, 3.05) is 6.61 Å². The van der Waals surface area contributed by atoms with E-state index in [9.17, 15) is 0 Å². The molecule has 4 nitrogen and oxygen atoms in total. The number of rotatable bonds is 5. The first-order valence-electron chi connectivity index (χ1n) is 7.89. The van der Waals surface area contributed by atoms with E-state index in [0.717, 1.165) is 35.2 Å². The SMILES string of the molecule is CC(C)(NCc1nnc(-c2ccccc2)s1)C1CCCCO1. The number of hydrogen-bond acceptors (Lipinski definition) is 5. The molecule has 3 rings (SSSR count). The van der Waals surface area contributed by atoms with Gasteiger partial charge in [-0.25, -0.2) is 0 Å². The smallest absolute Gasteiger partial charge is 0.147 e. The highest BCUT2D eigenvalue weighted by molar-refractivity contribution is 7.14. The Morgan fingerprint density at radius 1 is 1.23 bits per heavy atom. The van der Waals surface area contributed by atoms with E-state index in [1.54, 1.807) is 11.3 Å². The summed E-state index contributed by atoms with van der Waals surface area (Å²) in [7, 11) is 0. The maximum atomic E-state index is 5.91. The van der Waals surface area contributed by atoms with Gasteiger partial charge in [0.15, 0.2) is 0 Å². The van der Waals surface area contributed by atoms with Gasteiger partial charge in [0.25, 0.3) is 0 Å². The summed E-state index contributed by atoms with van der Waals surface area (Å²) in [6.45, 7) is 6.04. The number of ether oxygens (including phenoxy) is 1. The Labute approximate surface area is 135 Å². The molecular formula is C17H23N3OS. The van der Waals surface area contributed by atoms with E-state index in [0.29, 0.717) is 0 Å². The fraction of sp³-hybridized carbons (Fsp3) is 0.529. The molecule has 2 heterocycles. The number of nitrogens with one attached hydrogen (secondary N) is 1. The topological polar surface area (TPSA) is 47.0 Å². The van der Waals surface area contributed by atoms with E-state index in [-0.39, 0.29) is 11.6 Å². The third kappa shape index (κ3) is 3.72. The number of hydrogen-bond donors (Lipinski definition) is 1. The third-order valence-corrected chi connectivity index (χ3v) is 5.14. The van der Waals surface area contributed by atoms with E-state index in [1.165, 1.54) is 12.8 Å². The second kappa shape index (κ2) is 6.86. The molecule has 1 saturated heterocycles. The lowest BCUT2D eigenvalue weighted by molar-refractivity contribution is -0.0344. The Balaban J connectivity index is 1.61. The molecule has 1 N–H and O–H groups in total. The van der Waals surface area contributed by atoms with Gasteiger partial charge < -0.3 is 10.1 Å². The monoisotopic (exact) mass is 317 g/mol. The van der Waals surface area contributed by atoms with Crippen LogP contribution in [0.1, 0.15) is 38.1 Å².